The van der Waals surface area contributed by atoms with E-state index in [1.807, 2.05) is 20.0 Å². The van der Waals surface area contributed by atoms with Gasteiger partial charge in [-0.25, -0.2) is 4.68 Å². The molecule has 0 N–H and O–H groups in total. The summed E-state index contributed by atoms with van der Waals surface area (Å²) < 4.78 is 7.42. The van der Waals surface area contributed by atoms with E-state index in [4.69, 9.17) is 16.3 Å². The molecule has 2 aromatic heterocycles. The van der Waals surface area contributed by atoms with Crippen molar-refractivity contribution in [3.05, 3.63) is 35.8 Å². The zero-order chi connectivity index (χ0) is 11.5. The molecule has 0 aliphatic rings. The van der Waals surface area contributed by atoms with E-state index in [1.165, 1.54) is 0 Å². The number of aromatic nitrogens is 3. The van der Waals surface area contributed by atoms with Crippen molar-refractivity contribution in [2.75, 3.05) is 0 Å². The van der Waals surface area contributed by atoms with Gasteiger partial charge in [0, 0.05) is 31.1 Å². The first-order valence-corrected chi connectivity index (χ1v) is 5.41. The van der Waals surface area contributed by atoms with Gasteiger partial charge in [0.25, 0.3) is 0 Å². The van der Waals surface area contributed by atoms with Crippen LogP contribution in [0.3, 0.4) is 0 Å². The molecule has 2 rings (SSSR count). The number of pyridine rings is 1. The Kier molecular flexibility index (Phi) is 3.10. The zero-order valence-electron chi connectivity index (χ0n) is 9.14. The molecule has 0 spiro atoms. The van der Waals surface area contributed by atoms with Gasteiger partial charge in [0.15, 0.2) is 0 Å². The first-order valence-electron chi connectivity index (χ1n) is 4.88. The second kappa shape index (κ2) is 4.53. The molecule has 0 radical (unpaired) electrons. The van der Waals surface area contributed by atoms with Gasteiger partial charge in [-0.3, -0.25) is 4.98 Å². The number of aryl methyl sites for hydroxylation is 2. The summed E-state index contributed by atoms with van der Waals surface area (Å²) in [6.45, 7) is 1.92. The Morgan fingerprint density at radius 3 is 2.94 bits per heavy atom. The lowest BCUT2D eigenvalue weighted by molar-refractivity contribution is 0.427. The number of hydrogen-bond donors (Lipinski definition) is 0. The van der Waals surface area contributed by atoms with Crippen LogP contribution in [0, 0.1) is 6.92 Å². The highest BCUT2D eigenvalue weighted by molar-refractivity contribution is 6.17. The summed E-state index contributed by atoms with van der Waals surface area (Å²) in [7, 11) is 1.84. The highest BCUT2D eigenvalue weighted by Crippen LogP contribution is 2.25. The Morgan fingerprint density at radius 2 is 2.31 bits per heavy atom. The summed E-state index contributed by atoms with van der Waals surface area (Å²) in [5.74, 6) is 1.78. The Balaban J connectivity index is 2.30. The molecule has 0 aliphatic heterocycles. The number of ether oxygens (including phenoxy) is 1. The predicted molar refractivity (Wildman–Crippen MR) is 61.8 cm³/mol. The SMILES string of the molecule is Cc1cc(Oc2ccncc2CCl)n(C)n1. The minimum absolute atomic E-state index is 0.375. The molecular formula is C11H12ClN3O. The van der Waals surface area contributed by atoms with Gasteiger partial charge in [-0.2, -0.15) is 5.10 Å². The maximum atomic E-state index is 5.80. The fourth-order valence-electron chi connectivity index (χ4n) is 1.41. The van der Waals surface area contributed by atoms with E-state index in [1.54, 1.807) is 23.1 Å². The lowest BCUT2D eigenvalue weighted by Gasteiger charge is -2.08. The summed E-state index contributed by atoms with van der Waals surface area (Å²) in [6, 6.07) is 3.67. The fraction of sp³-hybridized carbons (Fsp3) is 0.273. The molecule has 0 saturated carbocycles. The van der Waals surface area contributed by atoms with E-state index < -0.39 is 0 Å². The molecule has 0 unspecified atom stereocenters. The summed E-state index contributed by atoms with van der Waals surface area (Å²) in [5, 5.41) is 4.21. The van der Waals surface area contributed by atoms with Gasteiger partial charge in [-0.1, -0.05) is 0 Å². The van der Waals surface area contributed by atoms with Crippen LogP contribution in [-0.2, 0) is 12.9 Å². The Labute approximate surface area is 98.8 Å². The third kappa shape index (κ3) is 2.17. The van der Waals surface area contributed by atoms with E-state index >= 15 is 0 Å². The average molecular weight is 238 g/mol. The number of nitrogens with zero attached hydrogens (tertiary/aromatic N) is 3. The van der Waals surface area contributed by atoms with Crippen LogP contribution in [-0.4, -0.2) is 14.8 Å². The van der Waals surface area contributed by atoms with Crippen molar-refractivity contribution in [1.29, 1.82) is 0 Å². The van der Waals surface area contributed by atoms with Crippen molar-refractivity contribution >= 4 is 11.6 Å². The second-order valence-corrected chi connectivity index (χ2v) is 3.73. The number of alkyl halides is 1. The highest BCUT2D eigenvalue weighted by Gasteiger charge is 2.07. The summed E-state index contributed by atoms with van der Waals surface area (Å²) in [4.78, 5) is 4.00. The first kappa shape index (κ1) is 11.0. The van der Waals surface area contributed by atoms with Crippen LogP contribution >= 0.6 is 11.6 Å². The lowest BCUT2D eigenvalue weighted by atomic mass is 10.3. The summed E-state index contributed by atoms with van der Waals surface area (Å²) in [6.07, 6.45) is 3.38. The molecule has 0 amide bonds. The van der Waals surface area contributed by atoms with Crippen LogP contribution in [0.15, 0.2) is 24.5 Å². The van der Waals surface area contributed by atoms with Crippen LogP contribution in [0.25, 0.3) is 0 Å². The quantitative estimate of drug-likeness (QED) is 0.771. The van der Waals surface area contributed by atoms with Gasteiger partial charge < -0.3 is 4.74 Å². The van der Waals surface area contributed by atoms with Crippen LogP contribution < -0.4 is 4.74 Å². The van der Waals surface area contributed by atoms with E-state index in [-0.39, 0.29) is 0 Å². The van der Waals surface area contributed by atoms with Crippen molar-refractivity contribution < 1.29 is 4.74 Å². The van der Waals surface area contributed by atoms with Crippen LogP contribution in [0.5, 0.6) is 11.6 Å². The maximum absolute atomic E-state index is 5.80. The Bertz CT molecular complexity index is 496. The van der Waals surface area contributed by atoms with Crippen molar-refractivity contribution in [2.45, 2.75) is 12.8 Å². The predicted octanol–water partition coefficient (Wildman–Crippen LogP) is 2.65. The molecule has 4 nitrogen and oxygen atoms in total. The fourth-order valence-corrected chi connectivity index (χ4v) is 1.61. The molecule has 16 heavy (non-hydrogen) atoms. The van der Waals surface area contributed by atoms with E-state index in [9.17, 15) is 0 Å². The Morgan fingerprint density at radius 1 is 1.50 bits per heavy atom. The van der Waals surface area contributed by atoms with Gasteiger partial charge in [-0.15, -0.1) is 11.6 Å². The minimum atomic E-state index is 0.375. The van der Waals surface area contributed by atoms with Gasteiger partial charge in [-0.05, 0) is 13.0 Å². The monoisotopic (exact) mass is 237 g/mol. The second-order valence-electron chi connectivity index (χ2n) is 3.47. The van der Waals surface area contributed by atoms with Crippen LogP contribution in [0.4, 0.5) is 0 Å². The molecule has 84 valence electrons. The summed E-state index contributed by atoms with van der Waals surface area (Å²) in [5.41, 5.74) is 1.78. The van der Waals surface area contributed by atoms with Crippen molar-refractivity contribution in [2.24, 2.45) is 7.05 Å². The molecule has 2 heterocycles. The third-order valence-corrected chi connectivity index (χ3v) is 2.46. The van der Waals surface area contributed by atoms with Crippen LogP contribution in [0.2, 0.25) is 0 Å². The summed E-state index contributed by atoms with van der Waals surface area (Å²) >= 11 is 5.80. The molecule has 0 aliphatic carbocycles. The van der Waals surface area contributed by atoms with Gasteiger partial charge >= 0.3 is 0 Å². The van der Waals surface area contributed by atoms with Crippen molar-refractivity contribution in [3.8, 4) is 11.6 Å². The molecule has 0 aromatic carbocycles. The van der Waals surface area contributed by atoms with Crippen LogP contribution in [0.1, 0.15) is 11.3 Å². The molecule has 5 heteroatoms. The minimum Gasteiger partial charge on any atom is -0.439 e. The number of rotatable bonds is 3. The smallest absolute Gasteiger partial charge is 0.217 e. The van der Waals surface area contributed by atoms with Gasteiger partial charge in [0.1, 0.15) is 5.75 Å². The number of hydrogen-bond acceptors (Lipinski definition) is 3. The van der Waals surface area contributed by atoms with Crippen molar-refractivity contribution in [1.82, 2.24) is 14.8 Å². The van der Waals surface area contributed by atoms with E-state index in [0.717, 1.165) is 11.3 Å². The largest absolute Gasteiger partial charge is 0.439 e. The Hall–Kier alpha value is -1.55. The van der Waals surface area contributed by atoms with Crippen molar-refractivity contribution in [3.63, 3.8) is 0 Å². The molecule has 0 fully saturated rings. The molecule has 0 atom stereocenters. The highest BCUT2D eigenvalue weighted by atomic mass is 35.5. The number of halogens is 1. The zero-order valence-corrected chi connectivity index (χ0v) is 9.90. The average Bonchev–Trinajstić information content (AvgIpc) is 2.58. The molecule has 0 bridgehead atoms. The standard InChI is InChI=1S/C11H12ClN3O/c1-8-5-11(15(2)14-8)16-10-3-4-13-7-9(10)6-12/h3-5,7H,6H2,1-2H3. The lowest BCUT2D eigenvalue weighted by Crippen LogP contribution is -1.97. The molecular weight excluding hydrogens is 226 g/mol. The normalized spacial score (nSPS) is 10.4. The molecule has 0 saturated heterocycles. The van der Waals surface area contributed by atoms with Gasteiger partial charge in [0.05, 0.1) is 11.6 Å². The van der Waals surface area contributed by atoms with E-state index in [0.29, 0.717) is 17.5 Å². The molecule has 2 aromatic rings. The first-order chi connectivity index (χ1) is 7.70. The third-order valence-electron chi connectivity index (χ3n) is 2.18. The van der Waals surface area contributed by atoms with E-state index in [2.05, 4.69) is 10.1 Å². The maximum Gasteiger partial charge on any atom is 0.217 e. The topological polar surface area (TPSA) is 39.9 Å². The van der Waals surface area contributed by atoms with Gasteiger partial charge in [0.2, 0.25) is 5.88 Å².